The summed E-state index contributed by atoms with van der Waals surface area (Å²) in [6.07, 6.45) is 3.62. The maximum absolute atomic E-state index is 5.24. The SMILES string of the molecule is COc1ccc(-c2nc(NC(C)C)sc2-c2ccncc2)cc1. The van der Waals surface area contributed by atoms with Crippen molar-refractivity contribution in [2.45, 2.75) is 19.9 Å². The highest BCUT2D eigenvalue weighted by Gasteiger charge is 2.15. The van der Waals surface area contributed by atoms with Gasteiger partial charge in [0.25, 0.3) is 0 Å². The first kappa shape index (κ1) is 15.5. The summed E-state index contributed by atoms with van der Waals surface area (Å²) >= 11 is 1.66. The Labute approximate surface area is 140 Å². The van der Waals surface area contributed by atoms with Crippen LogP contribution in [0.3, 0.4) is 0 Å². The number of anilines is 1. The van der Waals surface area contributed by atoms with E-state index in [0.29, 0.717) is 6.04 Å². The third kappa shape index (κ3) is 3.51. The van der Waals surface area contributed by atoms with Crippen molar-refractivity contribution in [1.82, 2.24) is 9.97 Å². The van der Waals surface area contributed by atoms with Gasteiger partial charge in [-0.15, -0.1) is 0 Å². The number of hydrogen-bond acceptors (Lipinski definition) is 5. The van der Waals surface area contributed by atoms with Crippen LogP contribution in [0.5, 0.6) is 5.75 Å². The highest BCUT2D eigenvalue weighted by atomic mass is 32.1. The van der Waals surface area contributed by atoms with E-state index in [9.17, 15) is 0 Å². The Hall–Kier alpha value is -2.40. The lowest BCUT2D eigenvalue weighted by Crippen LogP contribution is -2.08. The molecule has 0 aliphatic rings. The van der Waals surface area contributed by atoms with Gasteiger partial charge in [0.1, 0.15) is 5.75 Å². The number of thiazole rings is 1. The molecule has 2 heterocycles. The van der Waals surface area contributed by atoms with Gasteiger partial charge in [-0.2, -0.15) is 0 Å². The molecule has 0 atom stereocenters. The molecule has 0 unspecified atom stereocenters. The van der Waals surface area contributed by atoms with Crippen molar-refractivity contribution in [1.29, 1.82) is 0 Å². The van der Waals surface area contributed by atoms with Crippen LogP contribution in [0.2, 0.25) is 0 Å². The smallest absolute Gasteiger partial charge is 0.184 e. The second-order valence-corrected chi connectivity index (χ2v) is 6.46. The third-order valence-electron chi connectivity index (χ3n) is 3.35. The zero-order chi connectivity index (χ0) is 16.2. The summed E-state index contributed by atoms with van der Waals surface area (Å²) in [6.45, 7) is 4.22. The van der Waals surface area contributed by atoms with Crippen LogP contribution in [-0.2, 0) is 0 Å². The van der Waals surface area contributed by atoms with Gasteiger partial charge in [0.2, 0.25) is 0 Å². The number of nitrogens with zero attached hydrogens (tertiary/aromatic N) is 2. The second-order valence-electron chi connectivity index (χ2n) is 5.46. The first-order valence-electron chi connectivity index (χ1n) is 7.49. The van der Waals surface area contributed by atoms with Crippen molar-refractivity contribution in [3.8, 4) is 27.4 Å². The Kier molecular flexibility index (Phi) is 4.57. The van der Waals surface area contributed by atoms with Gasteiger partial charge >= 0.3 is 0 Å². The topological polar surface area (TPSA) is 47.0 Å². The number of nitrogens with one attached hydrogen (secondary N) is 1. The lowest BCUT2D eigenvalue weighted by Gasteiger charge is -2.04. The Balaban J connectivity index is 2.07. The maximum atomic E-state index is 5.24. The highest BCUT2D eigenvalue weighted by Crippen LogP contribution is 2.39. The van der Waals surface area contributed by atoms with Crippen LogP contribution in [0, 0.1) is 0 Å². The molecule has 1 N–H and O–H groups in total. The molecule has 0 saturated heterocycles. The van der Waals surface area contributed by atoms with Crippen molar-refractivity contribution in [2.75, 3.05) is 12.4 Å². The molecular weight excluding hydrogens is 306 g/mol. The fourth-order valence-corrected chi connectivity index (χ4v) is 3.41. The monoisotopic (exact) mass is 325 g/mol. The Morgan fingerprint density at radius 1 is 1.00 bits per heavy atom. The summed E-state index contributed by atoms with van der Waals surface area (Å²) < 4.78 is 5.24. The lowest BCUT2D eigenvalue weighted by molar-refractivity contribution is 0.415. The molecular formula is C18H19N3OS. The number of aromatic nitrogens is 2. The van der Waals surface area contributed by atoms with Crippen LogP contribution < -0.4 is 10.1 Å². The van der Waals surface area contributed by atoms with E-state index in [1.165, 1.54) is 0 Å². The standard InChI is InChI=1S/C18H19N3OS/c1-12(2)20-18-21-16(13-4-6-15(22-3)7-5-13)17(23-18)14-8-10-19-11-9-14/h4-12H,1-3H3,(H,20,21). The van der Waals surface area contributed by atoms with Gasteiger partial charge in [0.05, 0.1) is 17.7 Å². The van der Waals surface area contributed by atoms with Crippen molar-refractivity contribution >= 4 is 16.5 Å². The van der Waals surface area contributed by atoms with E-state index >= 15 is 0 Å². The molecule has 2 aromatic heterocycles. The number of pyridine rings is 1. The van der Waals surface area contributed by atoms with E-state index < -0.39 is 0 Å². The summed E-state index contributed by atoms with van der Waals surface area (Å²) in [5.41, 5.74) is 3.18. The molecule has 4 nitrogen and oxygen atoms in total. The second kappa shape index (κ2) is 6.79. The van der Waals surface area contributed by atoms with E-state index in [0.717, 1.165) is 32.6 Å². The summed E-state index contributed by atoms with van der Waals surface area (Å²) in [4.78, 5) is 10.0. The minimum Gasteiger partial charge on any atom is -0.497 e. The first-order chi connectivity index (χ1) is 11.2. The molecule has 0 amide bonds. The van der Waals surface area contributed by atoms with Gasteiger partial charge in [0, 0.05) is 24.0 Å². The van der Waals surface area contributed by atoms with Crippen molar-refractivity contribution < 1.29 is 4.74 Å². The largest absolute Gasteiger partial charge is 0.497 e. The average Bonchev–Trinajstić information content (AvgIpc) is 2.99. The Bertz CT molecular complexity index is 767. The third-order valence-corrected chi connectivity index (χ3v) is 4.38. The predicted octanol–water partition coefficient (Wildman–Crippen LogP) is 4.70. The molecule has 118 valence electrons. The lowest BCUT2D eigenvalue weighted by atomic mass is 10.1. The van der Waals surface area contributed by atoms with Gasteiger partial charge in [-0.3, -0.25) is 4.98 Å². The van der Waals surface area contributed by atoms with E-state index in [2.05, 4.69) is 24.1 Å². The molecule has 0 spiro atoms. The normalized spacial score (nSPS) is 10.8. The van der Waals surface area contributed by atoms with E-state index in [1.807, 2.05) is 48.8 Å². The molecule has 0 bridgehead atoms. The van der Waals surface area contributed by atoms with Crippen LogP contribution in [0.25, 0.3) is 21.7 Å². The number of ether oxygens (including phenoxy) is 1. The van der Waals surface area contributed by atoms with Crippen LogP contribution in [0.4, 0.5) is 5.13 Å². The van der Waals surface area contributed by atoms with Crippen molar-refractivity contribution in [3.63, 3.8) is 0 Å². The average molecular weight is 325 g/mol. The summed E-state index contributed by atoms with van der Waals surface area (Å²) in [5.74, 6) is 0.843. The summed E-state index contributed by atoms with van der Waals surface area (Å²) in [6, 6.07) is 12.4. The number of rotatable bonds is 5. The van der Waals surface area contributed by atoms with Gasteiger partial charge in [-0.05, 0) is 55.8 Å². The van der Waals surface area contributed by atoms with E-state index in [1.54, 1.807) is 18.4 Å². The predicted molar refractivity (Wildman–Crippen MR) is 96.1 cm³/mol. The minimum atomic E-state index is 0.343. The maximum Gasteiger partial charge on any atom is 0.184 e. The van der Waals surface area contributed by atoms with E-state index in [4.69, 9.17) is 9.72 Å². The molecule has 0 fully saturated rings. The minimum absolute atomic E-state index is 0.343. The van der Waals surface area contributed by atoms with Crippen molar-refractivity contribution in [3.05, 3.63) is 48.8 Å². The molecule has 3 aromatic rings. The molecule has 23 heavy (non-hydrogen) atoms. The molecule has 0 aliphatic heterocycles. The highest BCUT2D eigenvalue weighted by molar-refractivity contribution is 7.19. The number of hydrogen-bond donors (Lipinski definition) is 1. The van der Waals surface area contributed by atoms with Crippen LogP contribution >= 0.6 is 11.3 Å². The molecule has 3 rings (SSSR count). The van der Waals surface area contributed by atoms with Gasteiger partial charge in [-0.25, -0.2) is 4.98 Å². The molecule has 1 aromatic carbocycles. The number of benzene rings is 1. The molecule has 0 aliphatic carbocycles. The van der Waals surface area contributed by atoms with Crippen LogP contribution in [-0.4, -0.2) is 23.1 Å². The molecule has 5 heteroatoms. The van der Waals surface area contributed by atoms with Gasteiger partial charge in [-0.1, -0.05) is 11.3 Å². The van der Waals surface area contributed by atoms with Crippen LogP contribution in [0.1, 0.15) is 13.8 Å². The fraction of sp³-hybridized carbons (Fsp3) is 0.222. The first-order valence-corrected chi connectivity index (χ1v) is 8.31. The summed E-state index contributed by atoms with van der Waals surface area (Å²) in [5, 5.41) is 4.32. The quantitative estimate of drug-likeness (QED) is 0.738. The number of methoxy groups -OCH3 is 1. The zero-order valence-electron chi connectivity index (χ0n) is 13.4. The Morgan fingerprint density at radius 2 is 1.70 bits per heavy atom. The van der Waals surface area contributed by atoms with Crippen molar-refractivity contribution in [2.24, 2.45) is 0 Å². The molecule has 0 saturated carbocycles. The van der Waals surface area contributed by atoms with E-state index in [-0.39, 0.29) is 0 Å². The molecule has 0 radical (unpaired) electrons. The van der Waals surface area contributed by atoms with Gasteiger partial charge < -0.3 is 10.1 Å². The summed E-state index contributed by atoms with van der Waals surface area (Å²) in [7, 11) is 1.67. The fourth-order valence-electron chi connectivity index (χ4n) is 2.27. The zero-order valence-corrected chi connectivity index (χ0v) is 14.2. The van der Waals surface area contributed by atoms with Crippen LogP contribution in [0.15, 0.2) is 48.8 Å². The Morgan fingerprint density at radius 3 is 2.30 bits per heavy atom. The van der Waals surface area contributed by atoms with Gasteiger partial charge in [0.15, 0.2) is 5.13 Å².